The minimum absolute atomic E-state index is 0.00663. The van der Waals surface area contributed by atoms with Gasteiger partial charge in [-0.2, -0.15) is 0 Å². The Morgan fingerprint density at radius 1 is 0.508 bits per heavy atom. The van der Waals surface area contributed by atoms with Crippen molar-refractivity contribution in [1.82, 2.24) is 0 Å². The van der Waals surface area contributed by atoms with E-state index in [0.717, 1.165) is 0 Å². The predicted octanol–water partition coefficient (Wildman–Crippen LogP) is 14.6. The van der Waals surface area contributed by atoms with Gasteiger partial charge in [-0.25, -0.2) is 0 Å². The molecule has 10 rings (SSSR count). The van der Waals surface area contributed by atoms with E-state index in [-0.39, 0.29) is 39.2 Å². The van der Waals surface area contributed by atoms with Crippen LogP contribution in [0.2, 0.25) is 0 Å². The normalized spacial score (nSPS) is 19.2. The Bertz CT molecular complexity index is 2820. The van der Waals surface area contributed by atoms with Gasteiger partial charge in [0, 0.05) is 43.3 Å². The van der Waals surface area contributed by atoms with Crippen LogP contribution >= 0.6 is 11.3 Å². The Morgan fingerprint density at radius 3 is 1.52 bits per heavy atom. The maximum absolute atomic E-state index is 2.69. The maximum atomic E-state index is 2.69. The molecule has 0 atom stereocenters. The number of rotatable bonds is 2. The highest BCUT2D eigenvalue weighted by Gasteiger charge is 2.47. The van der Waals surface area contributed by atoms with Gasteiger partial charge in [0.2, 0.25) is 0 Å². The van der Waals surface area contributed by atoms with Crippen LogP contribution in [0.15, 0.2) is 84.9 Å². The van der Waals surface area contributed by atoms with Gasteiger partial charge in [0.15, 0.2) is 0 Å². The average molecular weight is 823 g/mol. The third kappa shape index (κ3) is 6.15. The lowest BCUT2D eigenvalue weighted by atomic mass is 9.36. The largest absolute Gasteiger partial charge is 0.311 e. The highest BCUT2D eigenvalue weighted by molar-refractivity contribution is 7.33. The molecule has 0 N–H and O–H groups in total. The van der Waals surface area contributed by atoms with Gasteiger partial charge >= 0.3 is 0 Å². The zero-order chi connectivity index (χ0) is 43.6. The number of benzene rings is 5. The first-order chi connectivity index (χ1) is 28.4. The first-order valence-corrected chi connectivity index (χ1v) is 24.0. The van der Waals surface area contributed by atoms with Gasteiger partial charge in [-0.05, 0) is 163 Å². The predicted molar refractivity (Wildman–Crippen MR) is 269 cm³/mol. The lowest BCUT2D eigenvalue weighted by molar-refractivity contribution is 0.332. The van der Waals surface area contributed by atoms with Gasteiger partial charge in [-0.3, -0.25) is 0 Å². The van der Waals surface area contributed by atoms with Crippen molar-refractivity contribution in [3.05, 3.63) is 124 Å². The fraction of sp³-hybridized carbons (Fsp3) is 0.439. The SMILES string of the molecule is Cc1cc2c3c(c1)N(c1ccc4c(c1)C(C)(C)CCC4(C)C)c1c(sc4cc(C(C)(C)C)ccc14)B3c1cc(C(C)(C)C)ccc1N2c1ccc2c(c1)C(C)(C)CCC2(C)C. The fourth-order valence-electron chi connectivity index (χ4n) is 11.5. The number of hydrogen-bond donors (Lipinski definition) is 0. The summed E-state index contributed by atoms with van der Waals surface area (Å²) < 4.78 is 2.83. The molecule has 4 aliphatic rings. The molecule has 314 valence electrons. The van der Waals surface area contributed by atoms with Crippen molar-refractivity contribution in [3.63, 3.8) is 0 Å². The quantitative estimate of drug-likeness (QED) is 0.160. The summed E-state index contributed by atoms with van der Waals surface area (Å²) in [6.07, 6.45) is 4.81. The van der Waals surface area contributed by atoms with Crippen molar-refractivity contribution in [1.29, 1.82) is 0 Å². The van der Waals surface area contributed by atoms with Gasteiger partial charge in [0.1, 0.15) is 0 Å². The van der Waals surface area contributed by atoms with Gasteiger partial charge < -0.3 is 9.80 Å². The Kier molecular flexibility index (Phi) is 8.63. The molecule has 0 unspecified atom stereocenters. The lowest BCUT2D eigenvalue weighted by Gasteiger charge is -2.46. The molecule has 2 aliphatic carbocycles. The van der Waals surface area contributed by atoms with Crippen LogP contribution in [-0.2, 0) is 32.5 Å². The molecule has 5 aromatic carbocycles. The summed E-state index contributed by atoms with van der Waals surface area (Å²) >= 11 is 2.03. The second-order valence-corrected chi connectivity index (χ2v) is 25.2. The summed E-state index contributed by atoms with van der Waals surface area (Å²) in [7, 11) is 0. The molecule has 2 aliphatic heterocycles. The molecule has 3 heterocycles. The van der Waals surface area contributed by atoms with Crippen molar-refractivity contribution < 1.29 is 0 Å². The van der Waals surface area contributed by atoms with Gasteiger partial charge in [-0.1, -0.05) is 133 Å². The van der Waals surface area contributed by atoms with Gasteiger partial charge in [-0.15, -0.1) is 11.3 Å². The maximum Gasteiger partial charge on any atom is 0.264 e. The molecule has 0 spiro atoms. The molecule has 61 heavy (non-hydrogen) atoms. The van der Waals surface area contributed by atoms with Crippen molar-refractivity contribution >= 4 is 78.0 Å². The van der Waals surface area contributed by atoms with E-state index in [0.29, 0.717) is 0 Å². The lowest BCUT2D eigenvalue weighted by Crippen LogP contribution is -2.60. The van der Waals surface area contributed by atoms with Gasteiger partial charge in [0.05, 0.1) is 5.69 Å². The Morgan fingerprint density at radius 2 is 0.984 bits per heavy atom. The van der Waals surface area contributed by atoms with Crippen LogP contribution in [0.5, 0.6) is 0 Å². The van der Waals surface area contributed by atoms with Crippen LogP contribution in [0.4, 0.5) is 34.1 Å². The molecular formula is C57H67BN2S. The summed E-state index contributed by atoms with van der Waals surface area (Å²) in [4.78, 5) is 5.34. The molecule has 0 bridgehead atoms. The zero-order valence-corrected chi connectivity index (χ0v) is 40.6. The van der Waals surface area contributed by atoms with Crippen LogP contribution in [0.3, 0.4) is 0 Å². The van der Waals surface area contributed by atoms with Crippen molar-refractivity contribution in [2.24, 2.45) is 0 Å². The van der Waals surface area contributed by atoms with E-state index in [1.54, 1.807) is 0 Å². The molecule has 1 aromatic heterocycles. The smallest absolute Gasteiger partial charge is 0.264 e. The number of anilines is 6. The molecule has 4 heteroatoms. The Balaban J connectivity index is 1.31. The minimum atomic E-state index is 0.00663. The molecule has 2 nitrogen and oxygen atoms in total. The van der Waals surface area contributed by atoms with E-state index in [4.69, 9.17) is 0 Å². The third-order valence-electron chi connectivity index (χ3n) is 15.7. The summed E-state index contributed by atoms with van der Waals surface area (Å²) in [6.45, 7) is 36.2. The first-order valence-electron chi connectivity index (χ1n) is 23.1. The topological polar surface area (TPSA) is 6.48 Å². The zero-order valence-electron chi connectivity index (χ0n) is 39.8. The molecule has 0 amide bonds. The summed E-state index contributed by atoms with van der Waals surface area (Å²) in [6, 6.07) is 34.8. The van der Waals surface area contributed by atoms with Crippen molar-refractivity contribution in [3.8, 4) is 0 Å². The van der Waals surface area contributed by atoms with Gasteiger partial charge in [0.25, 0.3) is 6.71 Å². The Hall–Kier alpha value is -4.28. The van der Waals surface area contributed by atoms with Crippen LogP contribution < -0.4 is 25.5 Å². The monoisotopic (exact) mass is 823 g/mol. The Labute approximate surface area is 371 Å². The van der Waals surface area contributed by atoms with E-state index in [1.807, 2.05) is 11.3 Å². The second kappa shape index (κ2) is 12.9. The molecule has 6 aromatic rings. The highest BCUT2D eigenvalue weighted by Crippen LogP contribution is 2.53. The van der Waals surface area contributed by atoms with E-state index in [1.165, 1.54) is 125 Å². The van der Waals surface area contributed by atoms with Crippen molar-refractivity contribution in [2.75, 3.05) is 9.80 Å². The molecule has 0 saturated heterocycles. The van der Waals surface area contributed by atoms with Crippen LogP contribution in [0.1, 0.15) is 162 Å². The number of nitrogens with zero attached hydrogens (tertiary/aromatic N) is 2. The van der Waals surface area contributed by atoms with Crippen LogP contribution in [-0.4, -0.2) is 6.71 Å². The number of fused-ring (bicyclic) bond motifs is 8. The molecular weight excluding hydrogens is 756 g/mol. The number of aryl methyl sites for hydroxylation is 1. The average Bonchev–Trinajstić information content (AvgIpc) is 3.56. The number of hydrogen-bond acceptors (Lipinski definition) is 3. The van der Waals surface area contributed by atoms with E-state index in [2.05, 4.69) is 199 Å². The molecule has 0 fully saturated rings. The highest BCUT2D eigenvalue weighted by atomic mass is 32.1. The first kappa shape index (κ1) is 40.8. The second-order valence-electron chi connectivity index (χ2n) is 24.1. The van der Waals surface area contributed by atoms with Crippen LogP contribution in [0.25, 0.3) is 10.1 Å². The minimum Gasteiger partial charge on any atom is -0.311 e. The summed E-state index contributed by atoms with van der Waals surface area (Å²) in [5.41, 5.74) is 21.3. The number of thiophene rings is 1. The summed E-state index contributed by atoms with van der Waals surface area (Å²) in [5.74, 6) is 0. The molecule has 0 radical (unpaired) electrons. The van der Waals surface area contributed by atoms with Crippen molar-refractivity contribution in [2.45, 2.75) is 162 Å². The summed E-state index contributed by atoms with van der Waals surface area (Å²) in [5, 5.41) is 1.36. The van der Waals surface area contributed by atoms with E-state index in [9.17, 15) is 0 Å². The third-order valence-corrected chi connectivity index (χ3v) is 16.9. The molecule has 0 saturated carbocycles. The standard InChI is InChI=1S/C57H67BN2S/c1-34-28-46-49-47(29-34)60(38-19-22-41-43(33-38)57(14,15)27-25-55(41,10)11)50-39-20-16-36(53(5,6)7)31-48(39)61-51(50)58(49)44-30-35(52(2,3)4)17-23-45(44)59(46)37-18-21-40-42(32-37)56(12,13)26-24-54(40,8)9/h16-23,28-33H,24-27H2,1-15H3. The fourth-order valence-corrected chi connectivity index (χ4v) is 12.9. The van der Waals surface area contributed by atoms with E-state index < -0.39 is 0 Å². The van der Waals surface area contributed by atoms with E-state index >= 15 is 0 Å². The van der Waals surface area contributed by atoms with Crippen LogP contribution in [0, 0.1) is 6.92 Å².